The minimum atomic E-state index is 0.761. The van der Waals surface area contributed by atoms with Gasteiger partial charge in [-0.15, -0.1) is 0 Å². The first-order valence-corrected chi connectivity index (χ1v) is 7.17. The van der Waals surface area contributed by atoms with Gasteiger partial charge in [-0.2, -0.15) is 0 Å². The summed E-state index contributed by atoms with van der Waals surface area (Å²) >= 11 is 0. The summed E-state index contributed by atoms with van der Waals surface area (Å²) in [6, 6.07) is 8.96. The van der Waals surface area contributed by atoms with E-state index in [1.54, 1.807) is 0 Å². The average Bonchev–Trinajstić information content (AvgIpc) is 2.83. The highest BCUT2D eigenvalue weighted by Crippen LogP contribution is 2.22. The van der Waals surface area contributed by atoms with Crippen molar-refractivity contribution in [1.29, 1.82) is 0 Å². The van der Waals surface area contributed by atoms with Crippen LogP contribution in [-0.2, 0) is 17.8 Å². The first-order valence-electron chi connectivity index (χ1n) is 7.17. The molecule has 1 aliphatic rings. The fourth-order valence-corrected chi connectivity index (χ4v) is 2.91. The third kappa shape index (κ3) is 2.82. The van der Waals surface area contributed by atoms with Crippen molar-refractivity contribution in [2.45, 2.75) is 25.9 Å². The van der Waals surface area contributed by atoms with Crippen LogP contribution in [0.5, 0.6) is 0 Å². The highest BCUT2D eigenvalue weighted by Gasteiger charge is 2.15. The summed E-state index contributed by atoms with van der Waals surface area (Å²) in [6.45, 7) is 3.90. The van der Waals surface area contributed by atoms with Crippen LogP contribution in [0.25, 0.3) is 10.9 Å². The van der Waals surface area contributed by atoms with Crippen molar-refractivity contribution >= 4 is 10.9 Å². The molecule has 1 saturated heterocycles. The van der Waals surface area contributed by atoms with Crippen LogP contribution in [0, 0.1) is 5.92 Å². The van der Waals surface area contributed by atoms with E-state index >= 15 is 0 Å². The maximum atomic E-state index is 5.44. The monoisotopic (exact) mass is 258 g/mol. The molecule has 0 atom stereocenters. The van der Waals surface area contributed by atoms with E-state index in [1.807, 2.05) is 7.05 Å². The van der Waals surface area contributed by atoms with E-state index in [4.69, 9.17) is 4.74 Å². The normalized spacial score (nSPS) is 17.1. The number of hydrogen-bond acceptors (Lipinski definition) is 2. The number of fused-ring (bicyclic) bond motifs is 1. The summed E-state index contributed by atoms with van der Waals surface area (Å²) in [5.41, 5.74) is 2.71. The second-order valence-electron chi connectivity index (χ2n) is 5.45. The van der Waals surface area contributed by atoms with Crippen LogP contribution >= 0.6 is 0 Å². The molecule has 3 rings (SSSR count). The first-order chi connectivity index (χ1) is 9.36. The zero-order valence-electron chi connectivity index (χ0n) is 11.6. The Hall–Kier alpha value is -1.32. The van der Waals surface area contributed by atoms with Gasteiger partial charge in [-0.25, -0.2) is 0 Å². The molecule has 1 fully saturated rings. The number of ether oxygens (including phenoxy) is 1. The quantitative estimate of drug-likeness (QED) is 0.912. The third-order valence-corrected chi connectivity index (χ3v) is 4.01. The standard InChI is InChI=1S/C16H22N2O/c1-17-11-14-2-3-15-4-7-18(16(15)10-14)12-13-5-8-19-9-6-13/h2-4,7,10,13,17H,5-6,8-9,11-12H2,1H3. The van der Waals surface area contributed by atoms with Crippen molar-refractivity contribution in [3.8, 4) is 0 Å². The van der Waals surface area contributed by atoms with Gasteiger partial charge in [0.25, 0.3) is 0 Å². The molecule has 0 radical (unpaired) electrons. The van der Waals surface area contributed by atoms with Crippen molar-refractivity contribution in [1.82, 2.24) is 9.88 Å². The van der Waals surface area contributed by atoms with E-state index in [9.17, 15) is 0 Å². The Morgan fingerprint density at radius 2 is 2.11 bits per heavy atom. The average molecular weight is 258 g/mol. The zero-order chi connectivity index (χ0) is 13.1. The van der Waals surface area contributed by atoms with Crippen molar-refractivity contribution < 1.29 is 4.74 Å². The highest BCUT2D eigenvalue weighted by molar-refractivity contribution is 5.80. The highest BCUT2D eigenvalue weighted by atomic mass is 16.5. The summed E-state index contributed by atoms with van der Waals surface area (Å²) in [4.78, 5) is 0. The summed E-state index contributed by atoms with van der Waals surface area (Å²) in [7, 11) is 1.99. The lowest BCUT2D eigenvalue weighted by Crippen LogP contribution is -2.20. The number of nitrogens with one attached hydrogen (secondary N) is 1. The SMILES string of the molecule is CNCc1ccc2ccn(CC3CCOCC3)c2c1. The lowest BCUT2D eigenvalue weighted by Gasteiger charge is -2.22. The van der Waals surface area contributed by atoms with E-state index < -0.39 is 0 Å². The Balaban J connectivity index is 1.83. The Labute approximate surface area is 114 Å². The molecule has 0 amide bonds. The number of nitrogens with zero attached hydrogens (tertiary/aromatic N) is 1. The first kappa shape index (κ1) is 12.7. The van der Waals surface area contributed by atoms with Gasteiger partial charge in [-0.1, -0.05) is 12.1 Å². The van der Waals surface area contributed by atoms with Crippen molar-refractivity contribution in [3.63, 3.8) is 0 Å². The number of hydrogen-bond donors (Lipinski definition) is 1. The van der Waals surface area contributed by atoms with E-state index in [2.05, 4.69) is 40.3 Å². The minimum absolute atomic E-state index is 0.761. The molecule has 0 unspecified atom stereocenters. The van der Waals surface area contributed by atoms with Crippen LogP contribution in [-0.4, -0.2) is 24.8 Å². The lowest BCUT2D eigenvalue weighted by molar-refractivity contribution is 0.0616. The molecule has 3 heteroatoms. The fraction of sp³-hybridized carbons (Fsp3) is 0.500. The second kappa shape index (κ2) is 5.76. The minimum Gasteiger partial charge on any atom is -0.381 e. The Morgan fingerprint density at radius 3 is 2.89 bits per heavy atom. The van der Waals surface area contributed by atoms with Crippen LogP contribution < -0.4 is 5.32 Å². The molecule has 0 bridgehead atoms. The molecule has 1 aromatic carbocycles. The van der Waals surface area contributed by atoms with E-state index in [1.165, 1.54) is 29.3 Å². The van der Waals surface area contributed by atoms with Gasteiger partial charge < -0.3 is 14.6 Å². The van der Waals surface area contributed by atoms with E-state index in [0.29, 0.717) is 0 Å². The van der Waals surface area contributed by atoms with Gasteiger partial charge in [-0.05, 0) is 48.9 Å². The van der Waals surface area contributed by atoms with E-state index in [0.717, 1.165) is 32.2 Å². The van der Waals surface area contributed by atoms with Crippen molar-refractivity contribution in [2.75, 3.05) is 20.3 Å². The van der Waals surface area contributed by atoms with Crippen LogP contribution in [0.4, 0.5) is 0 Å². The van der Waals surface area contributed by atoms with Crippen LogP contribution in [0.3, 0.4) is 0 Å². The lowest BCUT2D eigenvalue weighted by atomic mass is 10.0. The number of aromatic nitrogens is 1. The topological polar surface area (TPSA) is 26.2 Å². The molecule has 1 aromatic heterocycles. The summed E-state index contributed by atoms with van der Waals surface area (Å²) in [5, 5.41) is 4.56. The maximum Gasteiger partial charge on any atom is 0.0483 e. The molecular formula is C16H22N2O. The Kier molecular flexibility index (Phi) is 3.85. The Morgan fingerprint density at radius 1 is 1.26 bits per heavy atom. The molecule has 1 aliphatic heterocycles. The largest absolute Gasteiger partial charge is 0.381 e. The Bertz CT molecular complexity index is 541. The van der Waals surface area contributed by atoms with Crippen LogP contribution in [0.2, 0.25) is 0 Å². The molecule has 0 saturated carbocycles. The molecule has 19 heavy (non-hydrogen) atoms. The number of rotatable bonds is 4. The van der Waals surface area contributed by atoms with Crippen molar-refractivity contribution in [2.24, 2.45) is 5.92 Å². The third-order valence-electron chi connectivity index (χ3n) is 4.01. The summed E-state index contributed by atoms with van der Waals surface area (Å²) < 4.78 is 7.85. The van der Waals surface area contributed by atoms with Gasteiger partial charge in [0.2, 0.25) is 0 Å². The van der Waals surface area contributed by atoms with Gasteiger partial charge in [0.05, 0.1) is 0 Å². The molecule has 1 N–H and O–H groups in total. The van der Waals surface area contributed by atoms with Crippen molar-refractivity contribution in [3.05, 3.63) is 36.0 Å². The molecule has 2 heterocycles. The van der Waals surface area contributed by atoms with E-state index in [-0.39, 0.29) is 0 Å². The van der Waals surface area contributed by atoms with Gasteiger partial charge in [0.1, 0.15) is 0 Å². The molecule has 0 aliphatic carbocycles. The maximum absolute atomic E-state index is 5.44. The molecule has 0 spiro atoms. The van der Waals surface area contributed by atoms with Crippen LogP contribution in [0.1, 0.15) is 18.4 Å². The summed E-state index contributed by atoms with van der Waals surface area (Å²) in [5.74, 6) is 0.761. The van der Waals surface area contributed by atoms with Gasteiger partial charge in [-0.3, -0.25) is 0 Å². The molecule has 3 nitrogen and oxygen atoms in total. The summed E-state index contributed by atoms with van der Waals surface area (Å²) in [6.07, 6.45) is 4.61. The number of benzene rings is 1. The smallest absolute Gasteiger partial charge is 0.0483 e. The van der Waals surface area contributed by atoms with Gasteiger partial charge in [0, 0.05) is 38.0 Å². The predicted octanol–water partition coefficient (Wildman–Crippen LogP) is 2.79. The van der Waals surface area contributed by atoms with Gasteiger partial charge in [0.15, 0.2) is 0 Å². The second-order valence-corrected chi connectivity index (χ2v) is 5.45. The predicted molar refractivity (Wildman–Crippen MR) is 78.2 cm³/mol. The fourth-order valence-electron chi connectivity index (χ4n) is 2.91. The molecular weight excluding hydrogens is 236 g/mol. The zero-order valence-corrected chi connectivity index (χ0v) is 11.6. The molecule has 102 valence electrons. The molecule has 2 aromatic rings. The van der Waals surface area contributed by atoms with Gasteiger partial charge >= 0.3 is 0 Å². The van der Waals surface area contributed by atoms with Crippen LogP contribution in [0.15, 0.2) is 30.5 Å².